The van der Waals surface area contributed by atoms with Gasteiger partial charge in [-0.25, -0.2) is 4.98 Å². The molecule has 17 heavy (non-hydrogen) atoms. The van der Waals surface area contributed by atoms with E-state index in [-0.39, 0.29) is 6.04 Å². The number of para-hydroxylation sites is 1. The zero-order valence-corrected chi connectivity index (χ0v) is 10.9. The monoisotopic (exact) mass is 250 g/mol. The summed E-state index contributed by atoms with van der Waals surface area (Å²) in [6.45, 7) is 4.20. The van der Waals surface area contributed by atoms with E-state index in [0.717, 1.165) is 21.6 Å². The molecule has 92 valence electrons. The van der Waals surface area contributed by atoms with E-state index in [0.29, 0.717) is 5.92 Å². The number of rotatable bonds is 4. The third-order valence-electron chi connectivity index (χ3n) is 2.71. The summed E-state index contributed by atoms with van der Waals surface area (Å²) >= 11 is 1.52. The molecule has 0 spiro atoms. The van der Waals surface area contributed by atoms with Crippen molar-refractivity contribution in [2.45, 2.75) is 32.4 Å². The largest absolute Gasteiger partial charge is 0.384 e. The molecule has 3 N–H and O–H groups in total. The minimum Gasteiger partial charge on any atom is -0.384 e. The van der Waals surface area contributed by atoms with Crippen LogP contribution in [0.5, 0.6) is 0 Å². The van der Waals surface area contributed by atoms with Crippen LogP contribution in [-0.2, 0) is 0 Å². The zero-order valence-electron chi connectivity index (χ0n) is 10.1. The molecule has 2 rings (SSSR count). The maximum Gasteiger partial charge on any atom is 0.124 e. The summed E-state index contributed by atoms with van der Waals surface area (Å²) in [7, 11) is 0. The fourth-order valence-corrected chi connectivity index (χ4v) is 2.90. The van der Waals surface area contributed by atoms with Crippen LogP contribution in [0.25, 0.3) is 10.2 Å². The topological polar surface area (TPSA) is 59.1 Å². The number of aliphatic hydroxyl groups is 1. The first kappa shape index (κ1) is 12.5. The highest BCUT2D eigenvalue weighted by atomic mass is 32.1. The number of thiazole rings is 1. The van der Waals surface area contributed by atoms with Crippen molar-refractivity contribution in [3.05, 3.63) is 29.3 Å². The summed E-state index contributed by atoms with van der Waals surface area (Å²) in [4.78, 5) is 4.43. The van der Waals surface area contributed by atoms with Gasteiger partial charge < -0.3 is 10.8 Å². The van der Waals surface area contributed by atoms with Gasteiger partial charge in [-0.3, -0.25) is 0 Å². The molecule has 1 heterocycles. The maximum absolute atomic E-state index is 10.2. The average molecular weight is 250 g/mol. The van der Waals surface area contributed by atoms with E-state index in [1.807, 2.05) is 24.3 Å². The van der Waals surface area contributed by atoms with Gasteiger partial charge in [0.1, 0.15) is 11.1 Å². The van der Waals surface area contributed by atoms with E-state index in [1.165, 1.54) is 11.3 Å². The lowest BCUT2D eigenvalue weighted by molar-refractivity contribution is 0.136. The lowest BCUT2D eigenvalue weighted by Gasteiger charge is -2.18. The van der Waals surface area contributed by atoms with E-state index in [1.54, 1.807) is 0 Å². The molecule has 0 radical (unpaired) electrons. The Morgan fingerprint density at radius 2 is 2.06 bits per heavy atom. The van der Waals surface area contributed by atoms with Gasteiger partial charge in [0.15, 0.2) is 0 Å². The van der Waals surface area contributed by atoms with Crippen LogP contribution in [0.3, 0.4) is 0 Å². The normalized spacial score (nSPS) is 15.4. The van der Waals surface area contributed by atoms with Crippen LogP contribution in [0.1, 0.15) is 31.4 Å². The molecule has 2 atom stereocenters. The molecular weight excluding hydrogens is 232 g/mol. The minimum atomic E-state index is -0.658. The van der Waals surface area contributed by atoms with E-state index in [9.17, 15) is 5.11 Å². The number of hydrogen-bond acceptors (Lipinski definition) is 4. The fraction of sp³-hybridized carbons (Fsp3) is 0.462. The van der Waals surface area contributed by atoms with Gasteiger partial charge in [-0.2, -0.15) is 0 Å². The summed E-state index contributed by atoms with van der Waals surface area (Å²) < 4.78 is 1.10. The Bertz CT molecular complexity index is 462. The molecule has 4 heteroatoms. The lowest BCUT2D eigenvalue weighted by Crippen LogP contribution is -2.29. The first-order chi connectivity index (χ1) is 8.08. The van der Waals surface area contributed by atoms with Crippen molar-refractivity contribution in [3.8, 4) is 0 Å². The minimum absolute atomic E-state index is 0.240. The molecule has 0 aliphatic rings. The van der Waals surface area contributed by atoms with Gasteiger partial charge in [-0.05, 0) is 24.5 Å². The van der Waals surface area contributed by atoms with Crippen LogP contribution in [-0.4, -0.2) is 16.1 Å². The van der Waals surface area contributed by atoms with E-state index < -0.39 is 6.10 Å². The van der Waals surface area contributed by atoms with Crippen LogP contribution in [0, 0.1) is 5.92 Å². The van der Waals surface area contributed by atoms with Gasteiger partial charge in [0, 0.05) is 6.04 Å². The molecular formula is C13H18N2OS. The predicted molar refractivity (Wildman–Crippen MR) is 72.0 cm³/mol. The smallest absolute Gasteiger partial charge is 0.124 e. The van der Waals surface area contributed by atoms with Gasteiger partial charge >= 0.3 is 0 Å². The number of benzene rings is 1. The molecule has 0 amide bonds. The standard InChI is InChI=1S/C13H18N2OS/c1-8(2)7-9(14)12(16)13-15-10-5-3-4-6-11(10)17-13/h3-6,8-9,12,16H,7,14H2,1-2H3. The number of aliphatic hydroxyl groups excluding tert-OH is 1. The first-order valence-corrected chi connectivity index (χ1v) is 6.68. The van der Waals surface area contributed by atoms with Gasteiger partial charge in [-0.1, -0.05) is 26.0 Å². The van der Waals surface area contributed by atoms with Gasteiger partial charge in [-0.15, -0.1) is 11.3 Å². The number of nitrogens with two attached hydrogens (primary N) is 1. The van der Waals surface area contributed by atoms with E-state index >= 15 is 0 Å². The highest BCUT2D eigenvalue weighted by molar-refractivity contribution is 7.18. The van der Waals surface area contributed by atoms with Crippen molar-refractivity contribution < 1.29 is 5.11 Å². The summed E-state index contributed by atoms with van der Waals surface area (Å²) in [5.41, 5.74) is 6.92. The molecule has 2 aromatic rings. The quantitative estimate of drug-likeness (QED) is 0.877. The summed E-state index contributed by atoms with van der Waals surface area (Å²) in [5.74, 6) is 0.481. The second-order valence-electron chi connectivity index (χ2n) is 4.76. The molecule has 0 aliphatic carbocycles. The summed E-state index contributed by atoms with van der Waals surface area (Å²) in [6.07, 6.45) is 0.145. The lowest BCUT2D eigenvalue weighted by atomic mass is 10.0. The molecule has 3 nitrogen and oxygen atoms in total. The average Bonchev–Trinajstić information content (AvgIpc) is 2.70. The Morgan fingerprint density at radius 3 is 2.71 bits per heavy atom. The van der Waals surface area contributed by atoms with Crippen LogP contribution in [0.2, 0.25) is 0 Å². The number of aromatic nitrogens is 1. The molecule has 2 unspecified atom stereocenters. The highest BCUT2D eigenvalue weighted by Crippen LogP contribution is 2.28. The number of fused-ring (bicyclic) bond motifs is 1. The van der Waals surface area contributed by atoms with Crippen molar-refractivity contribution in [1.29, 1.82) is 0 Å². The van der Waals surface area contributed by atoms with Crippen LogP contribution in [0.4, 0.5) is 0 Å². The molecule has 0 bridgehead atoms. The Hall–Kier alpha value is -0.970. The predicted octanol–water partition coefficient (Wildman–Crippen LogP) is 2.70. The maximum atomic E-state index is 10.2. The van der Waals surface area contributed by atoms with E-state index in [2.05, 4.69) is 18.8 Å². The first-order valence-electron chi connectivity index (χ1n) is 5.87. The molecule has 0 fully saturated rings. The van der Waals surface area contributed by atoms with Crippen LogP contribution >= 0.6 is 11.3 Å². The zero-order chi connectivity index (χ0) is 12.4. The van der Waals surface area contributed by atoms with Crippen LogP contribution in [0.15, 0.2) is 24.3 Å². The Morgan fingerprint density at radius 1 is 1.35 bits per heavy atom. The fourth-order valence-electron chi connectivity index (χ4n) is 1.87. The molecule has 1 aromatic carbocycles. The van der Waals surface area contributed by atoms with Crippen molar-refractivity contribution in [3.63, 3.8) is 0 Å². The van der Waals surface area contributed by atoms with Gasteiger partial charge in [0.25, 0.3) is 0 Å². The van der Waals surface area contributed by atoms with Crippen molar-refractivity contribution in [1.82, 2.24) is 4.98 Å². The van der Waals surface area contributed by atoms with Crippen LogP contribution < -0.4 is 5.73 Å². The summed E-state index contributed by atoms with van der Waals surface area (Å²) in [5, 5.41) is 10.9. The Kier molecular flexibility index (Phi) is 3.76. The molecule has 0 saturated carbocycles. The molecule has 1 aromatic heterocycles. The van der Waals surface area contributed by atoms with Crippen molar-refractivity contribution in [2.24, 2.45) is 11.7 Å². The van der Waals surface area contributed by atoms with Crippen molar-refractivity contribution in [2.75, 3.05) is 0 Å². The SMILES string of the molecule is CC(C)CC(N)C(O)c1nc2ccccc2s1. The van der Waals surface area contributed by atoms with E-state index in [4.69, 9.17) is 5.73 Å². The highest BCUT2D eigenvalue weighted by Gasteiger charge is 2.21. The third kappa shape index (κ3) is 2.83. The molecule has 0 saturated heterocycles. The van der Waals surface area contributed by atoms with Gasteiger partial charge in [0.05, 0.1) is 10.2 Å². The second kappa shape index (κ2) is 5.12. The Balaban J connectivity index is 2.21. The number of nitrogens with zero attached hydrogens (tertiary/aromatic N) is 1. The number of hydrogen-bond donors (Lipinski definition) is 2. The Labute approximate surface area is 105 Å². The molecule has 0 aliphatic heterocycles. The summed E-state index contributed by atoms with van der Waals surface area (Å²) in [6, 6.07) is 7.65. The second-order valence-corrected chi connectivity index (χ2v) is 5.82. The van der Waals surface area contributed by atoms with Gasteiger partial charge in [0.2, 0.25) is 0 Å². The van der Waals surface area contributed by atoms with Crippen molar-refractivity contribution >= 4 is 21.6 Å². The third-order valence-corrected chi connectivity index (χ3v) is 3.82.